The van der Waals surface area contributed by atoms with E-state index in [0.717, 1.165) is 0 Å². The maximum absolute atomic E-state index is 2.13. The molecule has 0 saturated carbocycles. The van der Waals surface area contributed by atoms with Crippen molar-refractivity contribution in [3.63, 3.8) is 0 Å². The van der Waals surface area contributed by atoms with Gasteiger partial charge in [0.05, 0.1) is 0 Å². The van der Waals surface area contributed by atoms with E-state index in [-0.39, 0.29) is 0 Å². The molecule has 0 heterocycles. The van der Waals surface area contributed by atoms with Gasteiger partial charge in [-0.05, 0) is 25.0 Å². The average molecular weight is 260 g/mol. The van der Waals surface area contributed by atoms with Crippen LogP contribution < -0.4 is 0 Å². The Morgan fingerprint density at radius 1 is 0.500 bits per heavy atom. The molecule has 0 atom stereocenters. The van der Waals surface area contributed by atoms with E-state index in [1.165, 1.54) is 22.3 Å². The fraction of sp³-hybridized carbons (Fsp3) is 0.100. The van der Waals surface area contributed by atoms with Gasteiger partial charge in [-0.3, -0.25) is 0 Å². The number of benzene rings is 2. The molecule has 0 heteroatoms. The van der Waals surface area contributed by atoms with Gasteiger partial charge in [0.1, 0.15) is 0 Å². The molecule has 20 heavy (non-hydrogen) atoms. The number of allylic oxidation sites excluding steroid dienone is 4. The maximum Gasteiger partial charge on any atom is -0.0256 e. The molecule has 100 valence electrons. The van der Waals surface area contributed by atoms with Crippen molar-refractivity contribution >= 4 is 12.2 Å². The minimum absolute atomic E-state index is 1.22. The lowest BCUT2D eigenvalue weighted by molar-refractivity contribution is 1.46. The highest BCUT2D eigenvalue weighted by molar-refractivity contribution is 5.53. The van der Waals surface area contributed by atoms with Crippen LogP contribution in [-0.2, 0) is 0 Å². The quantitative estimate of drug-likeness (QED) is 0.629. The number of hydrogen-bond acceptors (Lipinski definition) is 0. The molecular formula is C20H20. The molecule has 0 aliphatic carbocycles. The van der Waals surface area contributed by atoms with Gasteiger partial charge in [0, 0.05) is 0 Å². The minimum Gasteiger partial charge on any atom is -0.0622 e. The first-order valence-corrected chi connectivity index (χ1v) is 6.89. The van der Waals surface area contributed by atoms with Gasteiger partial charge in [-0.2, -0.15) is 0 Å². The van der Waals surface area contributed by atoms with Gasteiger partial charge in [0.25, 0.3) is 0 Å². The van der Waals surface area contributed by atoms with Gasteiger partial charge in [-0.15, -0.1) is 0 Å². The van der Waals surface area contributed by atoms with Crippen molar-refractivity contribution in [2.75, 3.05) is 0 Å². The first-order valence-electron chi connectivity index (χ1n) is 6.89. The van der Waals surface area contributed by atoms with Crippen molar-refractivity contribution in [2.45, 2.75) is 13.8 Å². The van der Waals surface area contributed by atoms with Crippen molar-refractivity contribution in [2.24, 2.45) is 0 Å². The van der Waals surface area contributed by atoms with Crippen molar-refractivity contribution in [1.29, 1.82) is 0 Å². The highest BCUT2D eigenvalue weighted by Gasteiger charge is 1.85. The van der Waals surface area contributed by atoms with Crippen molar-refractivity contribution in [3.8, 4) is 0 Å². The van der Waals surface area contributed by atoms with Crippen LogP contribution in [0, 0.1) is 13.8 Å². The smallest absolute Gasteiger partial charge is 0.0256 e. The summed E-state index contributed by atoms with van der Waals surface area (Å²) in [6, 6.07) is 17.0. The van der Waals surface area contributed by atoms with Crippen LogP contribution in [0.4, 0.5) is 0 Å². The van der Waals surface area contributed by atoms with Crippen molar-refractivity contribution in [1.82, 2.24) is 0 Å². The van der Waals surface area contributed by atoms with E-state index in [4.69, 9.17) is 0 Å². The molecule has 0 N–H and O–H groups in total. The van der Waals surface area contributed by atoms with Crippen LogP contribution in [0.25, 0.3) is 12.2 Å². The summed E-state index contributed by atoms with van der Waals surface area (Å²) in [6.45, 7) is 4.20. The van der Waals surface area contributed by atoms with E-state index in [1.54, 1.807) is 0 Å². The molecule has 2 aromatic rings. The monoisotopic (exact) mass is 260 g/mol. The molecule has 0 aliphatic heterocycles. The maximum atomic E-state index is 2.13. The molecule has 0 fully saturated rings. The molecule has 0 saturated heterocycles. The third-order valence-electron chi connectivity index (χ3n) is 3.07. The van der Waals surface area contributed by atoms with Crippen molar-refractivity contribution < 1.29 is 0 Å². The summed E-state index contributed by atoms with van der Waals surface area (Å²) in [5, 5.41) is 0. The van der Waals surface area contributed by atoms with Gasteiger partial charge in [0.15, 0.2) is 0 Å². The number of hydrogen-bond donors (Lipinski definition) is 0. The molecule has 0 nitrogen and oxygen atoms in total. The average Bonchev–Trinajstić information content (AvgIpc) is 2.46. The van der Waals surface area contributed by atoms with E-state index in [0.29, 0.717) is 0 Å². The van der Waals surface area contributed by atoms with E-state index >= 15 is 0 Å². The first-order chi connectivity index (χ1) is 9.74. The van der Waals surface area contributed by atoms with Crippen LogP contribution in [0.5, 0.6) is 0 Å². The topological polar surface area (TPSA) is 0 Å². The summed E-state index contributed by atoms with van der Waals surface area (Å²) in [6.07, 6.45) is 12.4. The standard InChI is InChI=1S/C20H20/c1-17-9-13-19(14-10-17)7-5-3-4-6-8-20-15-11-18(2)12-16-20/h3-16H,1-2H3/b4-3+,7-5+,8-6+. The van der Waals surface area contributed by atoms with Gasteiger partial charge in [-0.1, -0.05) is 96.1 Å². The third-order valence-corrected chi connectivity index (χ3v) is 3.07. The Morgan fingerprint density at radius 2 is 0.850 bits per heavy atom. The van der Waals surface area contributed by atoms with Crippen molar-refractivity contribution in [3.05, 3.63) is 95.1 Å². The molecule has 0 aromatic heterocycles. The fourth-order valence-corrected chi connectivity index (χ4v) is 1.82. The third kappa shape index (κ3) is 4.74. The summed E-state index contributed by atoms with van der Waals surface area (Å²) in [5.41, 5.74) is 5.03. The second-order valence-electron chi connectivity index (χ2n) is 4.92. The first kappa shape index (κ1) is 14.1. The molecule has 2 rings (SSSR count). The van der Waals surface area contributed by atoms with E-state index in [2.05, 4.69) is 86.7 Å². The summed E-state index contributed by atoms with van der Waals surface area (Å²) in [5.74, 6) is 0. The molecule has 0 amide bonds. The van der Waals surface area contributed by atoms with E-state index in [1.807, 2.05) is 12.2 Å². The predicted octanol–water partition coefficient (Wildman–Crippen LogP) is 5.59. The lowest BCUT2D eigenvalue weighted by Gasteiger charge is -1.93. The van der Waals surface area contributed by atoms with Crippen LogP contribution in [0.1, 0.15) is 22.3 Å². The van der Waals surface area contributed by atoms with Gasteiger partial charge < -0.3 is 0 Å². The highest BCUT2D eigenvalue weighted by atomic mass is 13.9. The summed E-state index contributed by atoms with van der Waals surface area (Å²) in [4.78, 5) is 0. The zero-order valence-electron chi connectivity index (χ0n) is 12.1. The zero-order chi connectivity index (χ0) is 14.2. The van der Waals surface area contributed by atoms with Crippen LogP contribution in [0.3, 0.4) is 0 Å². The minimum atomic E-state index is 1.22. The van der Waals surface area contributed by atoms with Gasteiger partial charge >= 0.3 is 0 Å². The Bertz CT molecular complexity index is 551. The largest absolute Gasteiger partial charge is 0.0622 e. The molecule has 0 unspecified atom stereocenters. The number of aryl methyl sites for hydroxylation is 2. The Hall–Kier alpha value is -2.34. The molecule has 0 radical (unpaired) electrons. The normalized spacial score (nSPS) is 11.9. The Labute approximate surface area is 121 Å². The second-order valence-corrected chi connectivity index (χ2v) is 4.92. The van der Waals surface area contributed by atoms with Gasteiger partial charge in [0.2, 0.25) is 0 Å². The Kier molecular flexibility index (Phi) is 5.14. The van der Waals surface area contributed by atoms with Crippen LogP contribution in [0.15, 0.2) is 72.8 Å². The molecule has 2 aromatic carbocycles. The number of rotatable bonds is 4. The SMILES string of the molecule is Cc1ccc(/C=C/C=C/C=C/c2ccc(C)cc2)cc1. The summed E-state index contributed by atoms with van der Waals surface area (Å²) in [7, 11) is 0. The summed E-state index contributed by atoms with van der Waals surface area (Å²) >= 11 is 0. The fourth-order valence-electron chi connectivity index (χ4n) is 1.82. The lowest BCUT2D eigenvalue weighted by Crippen LogP contribution is -1.72. The molecule has 0 spiro atoms. The molecule has 0 bridgehead atoms. The van der Waals surface area contributed by atoms with E-state index in [9.17, 15) is 0 Å². The van der Waals surface area contributed by atoms with Crippen LogP contribution >= 0.6 is 0 Å². The summed E-state index contributed by atoms with van der Waals surface area (Å²) < 4.78 is 0. The highest BCUT2D eigenvalue weighted by Crippen LogP contribution is 2.06. The zero-order valence-corrected chi connectivity index (χ0v) is 12.1. The second kappa shape index (κ2) is 7.30. The molecule has 0 aliphatic rings. The Balaban J connectivity index is 1.87. The predicted molar refractivity (Wildman–Crippen MR) is 89.6 cm³/mol. The van der Waals surface area contributed by atoms with Gasteiger partial charge in [-0.25, -0.2) is 0 Å². The van der Waals surface area contributed by atoms with E-state index < -0.39 is 0 Å². The Morgan fingerprint density at radius 3 is 1.20 bits per heavy atom. The molecular weight excluding hydrogens is 240 g/mol. The van der Waals surface area contributed by atoms with Crippen LogP contribution in [-0.4, -0.2) is 0 Å². The lowest BCUT2D eigenvalue weighted by atomic mass is 10.1. The van der Waals surface area contributed by atoms with Crippen LogP contribution in [0.2, 0.25) is 0 Å².